The van der Waals surface area contributed by atoms with Crippen molar-refractivity contribution in [3.05, 3.63) is 47.8 Å². The van der Waals surface area contributed by atoms with E-state index in [0.29, 0.717) is 12.3 Å². The molecular weight excluding hydrogens is 294 g/mol. The molecule has 2 aromatic carbocycles. The summed E-state index contributed by atoms with van der Waals surface area (Å²) in [6.07, 6.45) is 1.76. The number of aliphatic hydroxyl groups is 1. The van der Waals surface area contributed by atoms with Gasteiger partial charge in [0.15, 0.2) is 0 Å². The number of phenolic OH excluding ortho intramolecular Hbond substituents is 1. The first-order chi connectivity index (χ1) is 11.3. The highest BCUT2D eigenvalue weighted by atomic mass is 16.5. The predicted octanol–water partition coefficient (Wildman–Crippen LogP) is 2.47. The number of aromatic nitrogens is 3. The Balaban J connectivity index is 1.95. The molecule has 4 rings (SSSR count). The summed E-state index contributed by atoms with van der Waals surface area (Å²) in [5, 5.41) is 29.6. The fraction of sp³-hybridized carbons (Fsp3) is 0.294. The monoisotopic (exact) mass is 311 g/mol. The van der Waals surface area contributed by atoms with Crippen molar-refractivity contribution >= 4 is 10.8 Å². The lowest BCUT2D eigenvalue weighted by molar-refractivity contribution is 0.104. The summed E-state index contributed by atoms with van der Waals surface area (Å²) < 4.78 is 7.50. The third kappa shape index (κ3) is 2.27. The second-order valence-corrected chi connectivity index (χ2v) is 5.64. The summed E-state index contributed by atoms with van der Waals surface area (Å²) in [6, 6.07) is 11.1. The fourth-order valence-electron chi connectivity index (χ4n) is 3.19. The Morgan fingerprint density at radius 1 is 1.17 bits per heavy atom. The summed E-state index contributed by atoms with van der Waals surface area (Å²) in [5.41, 5.74) is 2.14. The topological polar surface area (TPSA) is 80.4 Å². The van der Waals surface area contributed by atoms with Crippen molar-refractivity contribution in [2.24, 2.45) is 0 Å². The normalized spacial score (nSPS) is 17.9. The van der Waals surface area contributed by atoms with Crippen LogP contribution in [0, 0.1) is 0 Å². The number of nitrogens with zero attached hydrogens (tertiary/aromatic N) is 3. The number of phenols is 1. The molecule has 23 heavy (non-hydrogen) atoms. The van der Waals surface area contributed by atoms with Gasteiger partial charge in [-0.05, 0) is 25.0 Å². The van der Waals surface area contributed by atoms with Crippen molar-refractivity contribution in [2.75, 3.05) is 6.61 Å². The minimum atomic E-state index is -0.175. The third-order valence-corrected chi connectivity index (χ3v) is 4.27. The summed E-state index contributed by atoms with van der Waals surface area (Å²) in [4.78, 5) is 0. The predicted molar refractivity (Wildman–Crippen MR) is 84.4 cm³/mol. The molecule has 1 aliphatic heterocycles. The van der Waals surface area contributed by atoms with E-state index in [4.69, 9.17) is 4.74 Å². The van der Waals surface area contributed by atoms with Gasteiger partial charge in [0.25, 0.3) is 0 Å². The molecule has 3 aromatic rings. The molecule has 1 atom stereocenters. The molecule has 0 bridgehead atoms. The molecule has 2 heterocycles. The molecule has 2 N–H and O–H groups in total. The number of hydrogen-bond acceptors (Lipinski definition) is 5. The van der Waals surface area contributed by atoms with Gasteiger partial charge < -0.3 is 14.9 Å². The minimum Gasteiger partial charge on any atom is -0.507 e. The Kier molecular flexibility index (Phi) is 3.48. The number of aliphatic hydroxyl groups excluding tert-OH is 1. The maximum Gasteiger partial charge on any atom is 0.123 e. The van der Waals surface area contributed by atoms with Crippen molar-refractivity contribution in [1.82, 2.24) is 15.0 Å². The smallest absolute Gasteiger partial charge is 0.123 e. The first kappa shape index (κ1) is 14.2. The lowest BCUT2D eigenvalue weighted by Gasteiger charge is -2.15. The van der Waals surface area contributed by atoms with Crippen LogP contribution in [0.25, 0.3) is 16.5 Å². The lowest BCUT2D eigenvalue weighted by Crippen LogP contribution is -2.09. The highest BCUT2D eigenvalue weighted by molar-refractivity contribution is 5.94. The van der Waals surface area contributed by atoms with E-state index in [1.54, 1.807) is 16.8 Å². The van der Waals surface area contributed by atoms with Gasteiger partial charge in [-0.25, -0.2) is 4.68 Å². The largest absolute Gasteiger partial charge is 0.507 e. The summed E-state index contributed by atoms with van der Waals surface area (Å²) in [6.45, 7) is 0.530. The number of rotatable bonds is 3. The molecule has 1 aliphatic rings. The van der Waals surface area contributed by atoms with E-state index < -0.39 is 0 Å². The van der Waals surface area contributed by atoms with Crippen LogP contribution in [0.3, 0.4) is 0 Å². The molecular formula is C17H17N3O3. The van der Waals surface area contributed by atoms with Gasteiger partial charge in [-0.15, -0.1) is 5.10 Å². The molecule has 0 saturated carbocycles. The van der Waals surface area contributed by atoms with Gasteiger partial charge in [0.1, 0.15) is 17.5 Å². The zero-order valence-electron chi connectivity index (χ0n) is 12.5. The van der Waals surface area contributed by atoms with E-state index >= 15 is 0 Å². The highest BCUT2D eigenvalue weighted by Crippen LogP contribution is 2.34. The number of benzene rings is 2. The Morgan fingerprint density at radius 2 is 2.00 bits per heavy atom. The van der Waals surface area contributed by atoms with E-state index in [9.17, 15) is 10.2 Å². The van der Waals surface area contributed by atoms with Crippen LogP contribution in [0.4, 0.5) is 0 Å². The van der Waals surface area contributed by atoms with Gasteiger partial charge in [0.2, 0.25) is 0 Å². The molecule has 1 unspecified atom stereocenters. The Bertz CT molecular complexity index is 853. The van der Waals surface area contributed by atoms with Crippen LogP contribution in [0.2, 0.25) is 0 Å². The highest BCUT2D eigenvalue weighted by Gasteiger charge is 2.27. The van der Waals surface area contributed by atoms with E-state index in [-0.39, 0.29) is 18.5 Å². The maximum absolute atomic E-state index is 10.1. The van der Waals surface area contributed by atoms with Crippen LogP contribution in [-0.4, -0.2) is 31.8 Å². The maximum atomic E-state index is 10.1. The van der Waals surface area contributed by atoms with Crippen molar-refractivity contribution < 1.29 is 14.9 Å². The van der Waals surface area contributed by atoms with Gasteiger partial charge in [-0.1, -0.05) is 29.5 Å². The summed E-state index contributed by atoms with van der Waals surface area (Å²) in [5.74, 6) is 0.227. The molecule has 0 spiro atoms. The van der Waals surface area contributed by atoms with Crippen molar-refractivity contribution in [1.29, 1.82) is 0 Å². The van der Waals surface area contributed by atoms with Gasteiger partial charge in [0.05, 0.1) is 18.0 Å². The molecule has 1 aromatic heterocycles. The quantitative estimate of drug-likeness (QED) is 0.776. The lowest BCUT2D eigenvalue weighted by atomic mass is 10.1. The Hall–Kier alpha value is -2.44. The second kappa shape index (κ2) is 5.64. The molecule has 6 nitrogen and oxygen atoms in total. The first-order valence-corrected chi connectivity index (χ1v) is 7.67. The average Bonchev–Trinajstić information content (AvgIpc) is 3.23. The van der Waals surface area contributed by atoms with Crippen LogP contribution in [0.5, 0.6) is 5.75 Å². The molecule has 0 radical (unpaired) electrons. The third-order valence-electron chi connectivity index (χ3n) is 4.27. The van der Waals surface area contributed by atoms with Crippen LogP contribution in [0.1, 0.15) is 30.3 Å². The van der Waals surface area contributed by atoms with Crippen LogP contribution < -0.4 is 0 Å². The number of aromatic hydroxyl groups is 1. The zero-order valence-corrected chi connectivity index (χ0v) is 12.5. The minimum absolute atomic E-state index is 0.111. The fourth-order valence-corrected chi connectivity index (χ4v) is 3.19. The zero-order chi connectivity index (χ0) is 15.8. The van der Waals surface area contributed by atoms with Crippen molar-refractivity contribution in [3.63, 3.8) is 0 Å². The summed E-state index contributed by atoms with van der Waals surface area (Å²) >= 11 is 0. The van der Waals surface area contributed by atoms with Gasteiger partial charge >= 0.3 is 0 Å². The number of ether oxygens (including phenoxy) is 1. The molecule has 6 heteroatoms. The van der Waals surface area contributed by atoms with Crippen LogP contribution >= 0.6 is 0 Å². The standard InChI is InChI=1S/C17H17N3O3/c21-10-13-17(16-8-3-9-23-16)20(19-18-13)14-6-1-5-12-11(14)4-2-7-15(12)22/h1-2,4-7,16,21-22H,3,8-10H2. The Morgan fingerprint density at radius 3 is 2.78 bits per heavy atom. The summed E-state index contributed by atoms with van der Waals surface area (Å²) in [7, 11) is 0. The van der Waals surface area contributed by atoms with E-state index in [0.717, 1.165) is 35.0 Å². The van der Waals surface area contributed by atoms with E-state index in [1.807, 2.05) is 24.3 Å². The van der Waals surface area contributed by atoms with Crippen molar-refractivity contribution in [2.45, 2.75) is 25.6 Å². The number of hydrogen-bond donors (Lipinski definition) is 2. The molecule has 0 amide bonds. The number of fused-ring (bicyclic) bond motifs is 1. The van der Waals surface area contributed by atoms with Crippen LogP contribution in [0.15, 0.2) is 36.4 Å². The molecule has 1 saturated heterocycles. The van der Waals surface area contributed by atoms with Crippen molar-refractivity contribution in [3.8, 4) is 11.4 Å². The van der Waals surface area contributed by atoms with Gasteiger partial charge in [-0.2, -0.15) is 0 Å². The second-order valence-electron chi connectivity index (χ2n) is 5.64. The SMILES string of the molecule is OCc1nnn(-c2cccc3c(O)cccc23)c1C1CCCO1. The molecule has 1 fully saturated rings. The first-order valence-electron chi connectivity index (χ1n) is 7.67. The van der Waals surface area contributed by atoms with Crippen LogP contribution in [-0.2, 0) is 11.3 Å². The average molecular weight is 311 g/mol. The van der Waals surface area contributed by atoms with E-state index in [2.05, 4.69) is 10.3 Å². The van der Waals surface area contributed by atoms with Gasteiger partial charge in [-0.3, -0.25) is 0 Å². The van der Waals surface area contributed by atoms with E-state index in [1.165, 1.54) is 0 Å². The Labute approximate surface area is 132 Å². The van der Waals surface area contributed by atoms with Gasteiger partial charge in [0, 0.05) is 17.4 Å². The molecule has 0 aliphatic carbocycles. The molecule has 118 valence electrons.